The smallest absolute Gasteiger partial charge is 0.254 e. The fourth-order valence-electron chi connectivity index (χ4n) is 3.32. The maximum Gasteiger partial charge on any atom is 0.254 e. The molecule has 0 fully saturated rings. The number of hydrogen-bond donors (Lipinski definition) is 2. The summed E-state index contributed by atoms with van der Waals surface area (Å²) >= 11 is 0. The molecule has 0 spiro atoms. The average Bonchev–Trinajstić information content (AvgIpc) is 3.10. The van der Waals surface area contributed by atoms with Gasteiger partial charge >= 0.3 is 0 Å². The summed E-state index contributed by atoms with van der Waals surface area (Å²) in [6.07, 6.45) is 2.09. The molecule has 2 heterocycles. The van der Waals surface area contributed by atoms with Crippen LogP contribution in [0.15, 0.2) is 24.4 Å². The van der Waals surface area contributed by atoms with Crippen LogP contribution in [0.2, 0.25) is 0 Å². The van der Waals surface area contributed by atoms with Gasteiger partial charge < -0.3 is 24.9 Å². The third-order valence-corrected chi connectivity index (χ3v) is 4.57. The number of aromatic nitrogens is 3. The highest BCUT2D eigenvalue weighted by atomic mass is 16.5. The molecule has 8 nitrogen and oxygen atoms in total. The van der Waals surface area contributed by atoms with E-state index >= 15 is 0 Å². The number of ether oxygens (including phenoxy) is 1. The van der Waals surface area contributed by atoms with E-state index in [4.69, 9.17) is 15.5 Å². The number of methoxy groups -OCH3 is 1. The van der Waals surface area contributed by atoms with E-state index in [1.807, 2.05) is 43.7 Å². The second kappa shape index (κ2) is 7.38. The van der Waals surface area contributed by atoms with Gasteiger partial charge in [-0.1, -0.05) is 13.8 Å². The molecule has 2 amide bonds. The van der Waals surface area contributed by atoms with E-state index in [-0.39, 0.29) is 11.8 Å². The lowest BCUT2D eigenvalue weighted by Gasteiger charge is -2.08. The van der Waals surface area contributed by atoms with Gasteiger partial charge in [0.05, 0.1) is 23.7 Å². The summed E-state index contributed by atoms with van der Waals surface area (Å²) in [6, 6.07) is 5.59. The second-order valence-electron chi connectivity index (χ2n) is 7.24. The number of nitrogens with two attached hydrogens (primary N) is 1. The molecule has 0 bridgehead atoms. The number of imidazole rings is 1. The molecule has 0 radical (unpaired) electrons. The largest absolute Gasteiger partial charge is 0.494 e. The van der Waals surface area contributed by atoms with E-state index < -0.39 is 5.91 Å². The van der Waals surface area contributed by atoms with Crippen molar-refractivity contribution >= 4 is 28.5 Å². The molecule has 0 unspecified atom stereocenters. The van der Waals surface area contributed by atoms with Crippen molar-refractivity contribution in [2.24, 2.45) is 25.7 Å². The molecule has 0 saturated carbocycles. The monoisotopic (exact) mass is 383 g/mol. The second-order valence-corrected chi connectivity index (χ2v) is 7.24. The number of nitrogens with one attached hydrogen (secondary N) is 1. The van der Waals surface area contributed by atoms with Crippen LogP contribution in [-0.4, -0.2) is 33.0 Å². The number of aryl methyl sites for hydroxylation is 2. The Morgan fingerprint density at radius 3 is 2.61 bits per heavy atom. The van der Waals surface area contributed by atoms with Crippen LogP contribution in [-0.2, 0) is 18.9 Å². The Labute approximate surface area is 163 Å². The predicted molar refractivity (Wildman–Crippen MR) is 108 cm³/mol. The number of benzene rings is 1. The number of carbonyl (C=O) groups is 2. The SMILES string of the molecule is COc1c(C(N)=O)cn(C)c1-c1nc2cc(NC(=O)CC(C)C)ccc2n1C. The fraction of sp³-hybridized carbons (Fsp3) is 0.350. The molecule has 0 atom stereocenters. The van der Waals surface area contributed by atoms with Gasteiger partial charge in [0.1, 0.15) is 5.69 Å². The summed E-state index contributed by atoms with van der Waals surface area (Å²) in [5.74, 6) is 0.717. The van der Waals surface area contributed by atoms with Crippen LogP contribution in [0.4, 0.5) is 5.69 Å². The van der Waals surface area contributed by atoms with Gasteiger partial charge in [0.2, 0.25) is 5.91 Å². The molecule has 3 N–H and O–H groups in total. The van der Waals surface area contributed by atoms with Gasteiger partial charge in [0.15, 0.2) is 11.6 Å². The Hall–Kier alpha value is -3.29. The molecule has 28 heavy (non-hydrogen) atoms. The van der Waals surface area contributed by atoms with Gasteiger partial charge in [-0.25, -0.2) is 4.98 Å². The Balaban J connectivity index is 2.06. The quantitative estimate of drug-likeness (QED) is 0.683. The van der Waals surface area contributed by atoms with Crippen LogP contribution in [0.3, 0.4) is 0 Å². The van der Waals surface area contributed by atoms with Crippen molar-refractivity contribution in [3.63, 3.8) is 0 Å². The number of nitrogens with zero attached hydrogens (tertiary/aromatic N) is 3. The first-order valence-electron chi connectivity index (χ1n) is 9.02. The molecule has 3 aromatic rings. The molecule has 148 valence electrons. The minimum Gasteiger partial charge on any atom is -0.494 e. The highest BCUT2D eigenvalue weighted by Crippen LogP contribution is 2.35. The molecule has 2 aromatic heterocycles. The molecule has 0 aliphatic carbocycles. The highest BCUT2D eigenvalue weighted by Gasteiger charge is 2.24. The van der Waals surface area contributed by atoms with Crippen LogP contribution < -0.4 is 15.8 Å². The fourth-order valence-corrected chi connectivity index (χ4v) is 3.32. The van der Waals surface area contributed by atoms with Gasteiger partial charge in [0, 0.05) is 32.4 Å². The zero-order valence-electron chi connectivity index (χ0n) is 16.7. The van der Waals surface area contributed by atoms with Crippen LogP contribution in [0.25, 0.3) is 22.6 Å². The molecule has 3 rings (SSSR count). The summed E-state index contributed by atoms with van der Waals surface area (Å²) in [5.41, 5.74) is 8.73. The summed E-state index contributed by atoms with van der Waals surface area (Å²) in [4.78, 5) is 28.5. The maximum absolute atomic E-state index is 12.0. The molecular weight excluding hydrogens is 358 g/mol. The van der Waals surface area contributed by atoms with Crippen molar-refractivity contribution in [3.05, 3.63) is 30.0 Å². The van der Waals surface area contributed by atoms with Gasteiger partial charge in [-0.05, 0) is 24.1 Å². The zero-order valence-corrected chi connectivity index (χ0v) is 16.7. The summed E-state index contributed by atoms with van der Waals surface area (Å²) in [7, 11) is 5.19. The standard InChI is InChI=1S/C20H25N5O3/c1-11(2)8-16(26)22-12-6-7-15-14(9-12)23-20(25(15)4)17-18(28-5)13(19(21)27)10-24(17)3/h6-7,9-11H,8H2,1-5H3,(H2,21,27)(H,22,26). The van der Waals surface area contributed by atoms with E-state index in [0.29, 0.717) is 34.9 Å². The number of amides is 2. The van der Waals surface area contributed by atoms with Crippen LogP contribution in [0.1, 0.15) is 30.6 Å². The lowest BCUT2D eigenvalue weighted by atomic mass is 10.1. The Morgan fingerprint density at radius 2 is 2.00 bits per heavy atom. The van der Waals surface area contributed by atoms with Crippen LogP contribution >= 0.6 is 0 Å². The Bertz CT molecular complexity index is 1060. The van der Waals surface area contributed by atoms with Gasteiger partial charge in [-0.2, -0.15) is 0 Å². The van der Waals surface area contributed by atoms with Gasteiger partial charge in [0.25, 0.3) is 5.91 Å². The minimum absolute atomic E-state index is 0.0271. The van der Waals surface area contributed by atoms with Crippen molar-refractivity contribution in [1.29, 1.82) is 0 Å². The number of anilines is 1. The van der Waals surface area contributed by atoms with Crippen molar-refractivity contribution in [1.82, 2.24) is 14.1 Å². The van der Waals surface area contributed by atoms with E-state index in [1.165, 1.54) is 7.11 Å². The number of carbonyl (C=O) groups excluding carboxylic acids is 2. The van der Waals surface area contributed by atoms with Crippen molar-refractivity contribution in [2.45, 2.75) is 20.3 Å². The third kappa shape index (κ3) is 3.45. The van der Waals surface area contributed by atoms with E-state index in [0.717, 1.165) is 11.0 Å². The van der Waals surface area contributed by atoms with Crippen molar-refractivity contribution in [2.75, 3.05) is 12.4 Å². The van der Waals surface area contributed by atoms with Gasteiger partial charge in [-0.3, -0.25) is 9.59 Å². The zero-order chi connectivity index (χ0) is 20.6. The number of fused-ring (bicyclic) bond motifs is 1. The van der Waals surface area contributed by atoms with E-state index in [2.05, 4.69) is 5.32 Å². The first-order chi connectivity index (χ1) is 13.2. The highest BCUT2D eigenvalue weighted by molar-refractivity contribution is 5.98. The topological polar surface area (TPSA) is 104 Å². The van der Waals surface area contributed by atoms with E-state index in [9.17, 15) is 9.59 Å². The van der Waals surface area contributed by atoms with Crippen LogP contribution in [0.5, 0.6) is 5.75 Å². The lowest BCUT2D eigenvalue weighted by Crippen LogP contribution is -2.13. The Morgan fingerprint density at radius 1 is 1.29 bits per heavy atom. The number of primary amides is 1. The third-order valence-electron chi connectivity index (χ3n) is 4.57. The first kappa shape index (κ1) is 19.5. The first-order valence-corrected chi connectivity index (χ1v) is 9.02. The van der Waals surface area contributed by atoms with Crippen molar-refractivity contribution in [3.8, 4) is 17.3 Å². The average molecular weight is 383 g/mol. The summed E-state index contributed by atoms with van der Waals surface area (Å²) in [6.45, 7) is 4.00. The molecule has 0 saturated heterocycles. The number of rotatable bonds is 6. The predicted octanol–water partition coefficient (Wildman–Crippen LogP) is 2.67. The minimum atomic E-state index is -0.562. The van der Waals surface area contributed by atoms with Crippen molar-refractivity contribution < 1.29 is 14.3 Å². The van der Waals surface area contributed by atoms with Gasteiger partial charge in [-0.15, -0.1) is 0 Å². The molecule has 0 aliphatic rings. The maximum atomic E-state index is 12.0. The summed E-state index contributed by atoms with van der Waals surface area (Å²) in [5, 5.41) is 2.91. The lowest BCUT2D eigenvalue weighted by molar-refractivity contribution is -0.116. The normalized spacial score (nSPS) is 11.2. The number of hydrogen-bond acceptors (Lipinski definition) is 4. The van der Waals surface area contributed by atoms with E-state index in [1.54, 1.807) is 17.8 Å². The molecule has 8 heteroatoms. The summed E-state index contributed by atoms with van der Waals surface area (Å²) < 4.78 is 9.13. The molecular formula is C20H25N5O3. The Kier molecular flexibility index (Phi) is 5.13. The molecule has 1 aromatic carbocycles. The van der Waals surface area contributed by atoms with Crippen LogP contribution in [0, 0.1) is 5.92 Å². The molecule has 0 aliphatic heterocycles.